The van der Waals surface area contributed by atoms with E-state index in [0.717, 1.165) is 16.6 Å². The standard InChI is InChI=1S/C18H12ClN3O/c19-12-6-8-15-16(9-12)22-18(23)17(21-15)10-13-7-5-11-3-1-2-4-14(11)20-13/h1-9H,10H2,(H,22,23). The fourth-order valence-electron chi connectivity index (χ4n) is 2.59. The van der Waals surface area contributed by atoms with Gasteiger partial charge in [-0.25, -0.2) is 4.98 Å². The predicted octanol–water partition coefficient (Wildman–Crippen LogP) is 3.72. The Hall–Kier alpha value is -2.72. The third kappa shape index (κ3) is 2.69. The van der Waals surface area contributed by atoms with Crippen molar-refractivity contribution in [2.45, 2.75) is 6.42 Å². The Morgan fingerprint density at radius 3 is 2.74 bits per heavy atom. The second-order valence-corrected chi connectivity index (χ2v) is 5.78. The Kier molecular flexibility index (Phi) is 3.32. The zero-order chi connectivity index (χ0) is 15.8. The first-order valence-corrected chi connectivity index (χ1v) is 7.60. The van der Waals surface area contributed by atoms with Gasteiger partial charge in [-0.05, 0) is 30.3 Å². The molecule has 5 heteroatoms. The number of hydrogen-bond donors (Lipinski definition) is 1. The fourth-order valence-corrected chi connectivity index (χ4v) is 2.77. The van der Waals surface area contributed by atoms with Crippen LogP contribution in [0.25, 0.3) is 21.9 Å². The molecule has 2 aromatic carbocycles. The number of aromatic amines is 1. The lowest BCUT2D eigenvalue weighted by atomic mass is 10.1. The predicted molar refractivity (Wildman–Crippen MR) is 91.9 cm³/mol. The number of fused-ring (bicyclic) bond motifs is 2. The molecule has 0 spiro atoms. The van der Waals surface area contributed by atoms with E-state index in [2.05, 4.69) is 15.0 Å². The van der Waals surface area contributed by atoms with E-state index >= 15 is 0 Å². The Balaban J connectivity index is 1.77. The molecule has 0 amide bonds. The molecule has 0 saturated heterocycles. The third-order valence-corrected chi connectivity index (χ3v) is 3.96. The molecule has 1 N–H and O–H groups in total. The van der Waals surface area contributed by atoms with E-state index < -0.39 is 0 Å². The van der Waals surface area contributed by atoms with Crippen LogP contribution in [-0.4, -0.2) is 15.0 Å². The number of nitrogens with zero attached hydrogens (tertiary/aromatic N) is 2. The summed E-state index contributed by atoms with van der Waals surface area (Å²) in [4.78, 5) is 24.1. The first-order valence-electron chi connectivity index (χ1n) is 7.22. The van der Waals surface area contributed by atoms with Gasteiger partial charge in [0.05, 0.1) is 16.6 Å². The molecule has 0 aliphatic heterocycles. The number of nitrogens with one attached hydrogen (secondary N) is 1. The van der Waals surface area contributed by atoms with Gasteiger partial charge in [-0.2, -0.15) is 0 Å². The molecule has 4 nitrogen and oxygen atoms in total. The van der Waals surface area contributed by atoms with Gasteiger partial charge in [0, 0.05) is 22.5 Å². The minimum absolute atomic E-state index is 0.213. The van der Waals surface area contributed by atoms with Crippen molar-refractivity contribution < 1.29 is 0 Å². The minimum Gasteiger partial charge on any atom is -0.319 e. The Morgan fingerprint density at radius 2 is 1.83 bits per heavy atom. The summed E-state index contributed by atoms with van der Waals surface area (Å²) < 4.78 is 0. The highest BCUT2D eigenvalue weighted by molar-refractivity contribution is 6.31. The Labute approximate surface area is 136 Å². The van der Waals surface area contributed by atoms with Crippen molar-refractivity contribution in [1.82, 2.24) is 15.0 Å². The number of aromatic nitrogens is 3. The van der Waals surface area contributed by atoms with Crippen LogP contribution in [0.1, 0.15) is 11.4 Å². The van der Waals surface area contributed by atoms with Crippen LogP contribution in [0.15, 0.2) is 59.4 Å². The van der Waals surface area contributed by atoms with Gasteiger partial charge < -0.3 is 4.98 Å². The van der Waals surface area contributed by atoms with Crippen molar-refractivity contribution in [2.75, 3.05) is 0 Å². The van der Waals surface area contributed by atoms with Crippen LogP contribution >= 0.6 is 11.6 Å². The van der Waals surface area contributed by atoms with Gasteiger partial charge in [0.15, 0.2) is 0 Å². The molecule has 23 heavy (non-hydrogen) atoms. The van der Waals surface area contributed by atoms with Crippen LogP contribution in [0.5, 0.6) is 0 Å². The van der Waals surface area contributed by atoms with Gasteiger partial charge in [0.2, 0.25) is 0 Å². The van der Waals surface area contributed by atoms with Crippen LogP contribution in [0.2, 0.25) is 5.02 Å². The second kappa shape index (κ2) is 5.48. The molecule has 0 aliphatic rings. The van der Waals surface area contributed by atoms with E-state index in [1.54, 1.807) is 18.2 Å². The van der Waals surface area contributed by atoms with Crippen LogP contribution in [-0.2, 0) is 6.42 Å². The SMILES string of the molecule is O=c1[nH]c2cc(Cl)ccc2nc1Cc1ccc2ccccc2n1. The summed E-state index contributed by atoms with van der Waals surface area (Å²) >= 11 is 5.94. The Bertz CT molecular complexity index is 1090. The smallest absolute Gasteiger partial charge is 0.270 e. The van der Waals surface area contributed by atoms with Crippen LogP contribution < -0.4 is 5.56 Å². The molecule has 2 aromatic heterocycles. The van der Waals surface area contributed by atoms with Gasteiger partial charge in [0.1, 0.15) is 5.69 Å². The summed E-state index contributed by atoms with van der Waals surface area (Å²) in [6, 6.07) is 17.1. The highest BCUT2D eigenvalue weighted by Gasteiger charge is 2.08. The quantitative estimate of drug-likeness (QED) is 0.612. The van der Waals surface area contributed by atoms with E-state index in [4.69, 9.17) is 11.6 Å². The van der Waals surface area contributed by atoms with Gasteiger partial charge in [-0.1, -0.05) is 35.9 Å². The molecule has 0 fully saturated rings. The number of rotatable bonds is 2. The normalized spacial score (nSPS) is 11.2. The fraction of sp³-hybridized carbons (Fsp3) is 0.0556. The topological polar surface area (TPSA) is 58.6 Å². The van der Waals surface area contributed by atoms with Crippen molar-refractivity contribution in [3.63, 3.8) is 0 Å². The van der Waals surface area contributed by atoms with E-state index in [0.29, 0.717) is 28.2 Å². The molecule has 112 valence electrons. The lowest BCUT2D eigenvalue weighted by molar-refractivity contribution is 0.994. The highest BCUT2D eigenvalue weighted by Crippen LogP contribution is 2.16. The maximum absolute atomic E-state index is 12.2. The summed E-state index contributed by atoms with van der Waals surface area (Å²) in [5.74, 6) is 0. The average Bonchev–Trinajstić information content (AvgIpc) is 2.56. The van der Waals surface area contributed by atoms with Crippen molar-refractivity contribution in [3.8, 4) is 0 Å². The molecular formula is C18H12ClN3O. The molecule has 0 atom stereocenters. The largest absolute Gasteiger partial charge is 0.319 e. The van der Waals surface area contributed by atoms with Crippen LogP contribution in [0.3, 0.4) is 0 Å². The summed E-state index contributed by atoms with van der Waals surface area (Å²) in [6.07, 6.45) is 0.388. The zero-order valence-corrected chi connectivity index (χ0v) is 12.8. The van der Waals surface area contributed by atoms with Crippen LogP contribution in [0, 0.1) is 0 Å². The number of para-hydroxylation sites is 1. The highest BCUT2D eigenvalue weighted by atomic mass is 35.5. The van der Waals surface area contributed by atoms with Gasteiger partial charge in [0.25, 0.3) is 5.56 Å². The van der Waals surface area contributed by atoms with E-state index in [-0.39, 0.29) is 5.56 Å². The minimum atomic E-state index is -0.213. The molecule has 0 saturated carbocycles. The number of pyridine rings is 1. The van der Waals surface area contributed by atoms with Crippen molar-refractivity contribution in [1.29, 1.82) is 0 Å². The summed E-state index contributed by atoms with van der Waals surface area (Å²) in [7, 11) is 0. The zero-order valence-electron chi connectivity index (χ0n) is 12.1. The van der Waals surface area contributed by atoms with Gasteiger partial charge >= 0.3 is 0 Å². The van der Waals surface area contributed by atoms with Gasteiger partial charge in [-0.15, -0.1) is 0 Å². The lowest BCUT2D eigenvalue weighted by Crippen LogP contribution is -2.16. The van der Waals surface area contributed by atoms with Crippen molar-refractivity contribution in [2.24, 2.45) is 0 Å². The van der Waals surface area contributed by atoms with Crippen molar-refractivity contribution >= 4 is 33.5 Å². The number of halogens is 1. The van der Waals surface area contributed by atoms with E-state index in [9.17, 15) is 4.79 Å². The second-order valence-electron chi connectivity index (χ2n) is 5.35. The van der Waals surface area contributed by atoms with Crippen LogP contribution in [0.4, 0.5) is 0 Å². The first-order chi connectivity index (χ1) is 11.2. The average molecular weight is 322 g/mol. The van der Waals surface area contributed by atoms with Gasteiger partial charge in [-0.3, -0.25) is 9.78 Å². The monoisotopic (exact) mass is 321 g/mol. The molecule has 4 aromatic rings. The molecule has 4 rings (SSSR count). The first kappa shape index (κ1) is 13.9. The number of H-pyrrole nitrogens is 1. The van der Waals surface area contributed by atoms with Crippen molar-refractivity contribution in [3.05, 3.63) is 81.4 Å². The van der Waals surface area contributed by atoms with E-state index in [1.165, 1.54) is 0 Å². The lowest BCUT2D eigenvalue weighted by Gasteiger charge is -2.04. The Morgan fingerprint density at radius 1 is 0.957 bits per heavy atom. The molecule has 0 aliphatic carbocycles. The molecule has 2 heterocycles. The third-order valence-electron chi connectivity index (χ3n) is 3.73. The number of hydrogen-bond acceptors (Lipinski definition) is 3. The molecule has 0 radical (unpaired) electrons. The maximum atomic E-state index is 12.2. The molecule has 0 bridgehead atoms. The maximum Gasteiger partial charge on any atom is 0.270 e. The molecular weight excluding hydrogens is 310 g/mol. The summed E-state index contributed by atoms with van der Waals surface area (Å²) in [6.45, 7) is 0. The summed E-state index contributed by atoms with van der Waals surface area (Å²) in [5.41, 5.74) is 3.31. The summed E-state index contributed by atoms with van der Waals surface area (Å²) in [5, 5.41) is 1.64. The van der Waals surface area contributed by atoms with E-state index in [1.807, 2.05) is 36.4 Å². The molecule has 0 unspecified atom stereocenters. The number of benzene rings is 2.